The Morgan fingerprint density at radius 2 is 1.82 bits per heavy atom. The monoisotopic (exact) mass is 379 g/mol. The van der Waals surface area contributed by atoms with Crippen molar-refractivity contribution in [3.8, 4) is 0 Å². The fourth-order valence-corrected chi connectivity index (χ4v) is 3.90. The van der Waals surface area contributed by atoms with Crippen LogP contribution in [0.25, 0.3) is 10.9 Å². The number of fused-ring (bicyclic) bond motifs is 1. The summed E-state index contributed by atoms with van der Waals surface area (Å²) in [6, 6.07) is 9.14. The van der Waals surface area contributed by atoms with Crippen LogP contribution in [-0.2, 0) is 6.54 Å². The van der Waals surface area contributed by atoms with E-state index in [1.165, 1.54) is 0 Å². The number of aromatic nitrogens is 4. The molecule has 0 bridgehead atoms. The van der Waals surface area contributed by atoms with Crippen LogP contribution >= 0.6 is 0 Å². The fourth-order valence-electron chi connectivity index (χ4n) is 3.90. The summed E-state index contributed by atoms with van der Waals surface area (Å²) in [5, 5.41) is 8.31. The van der Waals surface area contributed by atoms with Crippen molar-refractivity contribution in [3.05, 3.63) is 42.0 Å². The first-order valence-corrected chi connectivity index (χ1v) is 10.0. The van der Waals surface area contributed by atoms with Crippen molar-refractivity contribution in [2.75, 3.05) is 24.3 Å². The third-order valence-electron chi connectivity index (χ3n) is 5.56. The highest BCUT2D eigenvalue weighted by molar-refractivity contribution is 5.90. The largest absolute Gasteiger partial charge is 0.362 e. The van der Waals surface area contributed by atoms with E-state index in [0.717, 1.165) is 66.3 Å². The van der Waals surface area contributed by atoms with Crippen LogP contribution in [0.4, 0.5) is 11.8 Å². The first kappa shape index (κ1) is 18.7. The molecule has 1 aromatic carbocycles. The van der Waals surface area contributed by atoms with Gasteiger partial charge in [0.15, 0.2) is 0 Å². The molecule has 7 heteroatoms. The molecule has 0 spiro atoms. The third kappa shape index (κ3) is 4.09. The van der Waals surface area contributed by atoms with Gasteiger partial charge in [-0.1, -0.05) is 12.1 Å². The van der Waals surface area contributed by atoms with Crippen LogP contribution in [0.2, 0.25) is 0 Å². The van der Waals surface area contributed by atoms with Gasteiger partial charge in [0.1, 0.15) is 5.82 Å². The maximum Gasteiger partial charge on any atom is 0.225 e. The quantitative estimate of drug-likeness (QED) is 0.610. The maximum atomic E-state index is 4.77. The summed E-state index contributed by atoms with van der Waals surface area (Å²) < 4.78 is 0. The van der Waals surface area contributed by atoms with Crippen LogP contribution in [0, 0.1) is 6.92 Å². The highest BCUT2D eigenvalue weighted by atomic mass is 15.2. The molecular weight excluding hydrogens is 350 g/mol. The van der Waals surface area contributed by atoms with Crippen molar-refractivity contribution in [2.45, 2.75) is 51.2 Å². The van der Waals surface area contributed by atoms with Gasteiger partial charge in [0.25, 0.3) is 0 Å². The summed E-state index contributed by atoms with van der Waals surface area (Å²) in [4.78, 5) is 19.1. The molecule has 7 nitrogen and oxygen atoms in total. The number of hydrogen-bond donors (Lipinski definition) is 3. The van der Waals surface area contributed by atoms with E-state index in [2.05, 4.69) is 33.6 Å². The van der Waals surface area contributed by atoms with Gasteiger partial charge in [0.2, 0.25) is 5.95 Å². The Labute approximate surface area is 166 Å². The second-order valence-electron chi connectivity index (χ2n) is 7.83. The summed E-state index contributed by atoms with van der Waals surface area (Å²) in [7, 11) is 4.05. The number of aromatic amines is 1. The summed E-state index contributed by atoms with van der Waals surface area (Å²) in [6.07, 6.45) is 6.29. The van der Waals surface area contributed by atoms with E-state index in [1.54, 1.807) is 6.33 Å². The van der Waals surface area contributed by atoms with E-state index in [1.807, 2.05) is 37.2 Å². The molecule has 1 aliphatic rings. The zero-order valence-electron chi connectivity index (χ0n) is 16.9. The van der Waals surface area contributed by atoms with Crippen molar-refractivity contribution in [3.63, 3.8) is 0 Å². The zero-order valence-corrected chi connectivity index (χ0v) is 16.9. The number of aryl methyl sites for hydroxylation is 1. The van der Waals surface area contributed by atoms with E-state index in [-0.39, 0.29) is 0 Å². The van der Waals surface area contributed by atoms with Crippen LogP contribution in [0.5, 0.6) is 0 Å². The third-order valence-corrected chi connectivity index (χ3v) is 5.56. The molecule has 28 heavy (non-hydrogen) atoms. The van der Waals surface area contributed by atoms with E-state index in [0.29, 0.717) is 12.1 Å². The van der Waals surface area contributed by atoms with Crippen molar-refractivity contribution in [2.24, 2.45) is 0 Å². The van der Waals surface area contributed by atoms with Gasteiger partial charge in [-0.3, -0.25) is 0 Å². The minimum absolute atomic E-state index is 0.418. The number of hydrogen-bond acceptors (Lipinski definition) is 6. The number of rotatable bonds is 6. The molecule has 4 rings (SSSR count). The molecule has 0 unspecified atom stereocenters. The average molecular weight is 380 g/mol. The van der Waals surface area contributed by atoms with Gasteiger partial charge in [0.05, 0.1) is 17.5 Å². The van der Waals surface area contributed by atoms with E-state index in [9.17, 15) is 0 Å². The number of nitrogens with zero attached hydrogens (tertiary/aromatic N) is 4. The van der Waals surface area contributed by atoms with Crippen LogP contribution in [-0.4, -0.2) is 46.1 Å². The molecule has 2 aromatic heterocycles. The van der Waals surface area contributed by atoms with Crippen LogP contribution in [0.15, 0.2) is 30.6 Å². The molecule has 2 heterocycles. The predicted octanol–water partition coefficient (Wildman–Crippen LogP) is 3.24. The standard InChI is InChI=1S/C21H29N7/c1-14-19(24-13-23-14)12-22-15-8-10-16(11-9-15)25-21-26-18-7-5-4-6-17(18)20(27-21)28(2)3/h4-7,13,15-16,22H,8-12H2,1-3H3,(H,23,24)(H,25,26,27). The molecule has 0 atom stereocenters. The molecule has 1 fully saturated rings. The molecule has 0 aliphatic heterocycles. The summed E-state index contributed by atoms with van der Waals surface area (Å²) >= 11 is 0. The first-order chi connectivity index (χ1) is 13.6. The van der Waals surface area contributed by atoms with Gasteiger partial charge in [-0.05, 0) is 44.7 Å². The van der Waals surface area contributed by atoms with Crippen LogP contribution in [0.1, 0.15) is 37.1 Å². The predicted molar refractivity (Wildman–Crippen MR) is 114 cm³/mol. The summed E-state index contributed by atoms with van der Waals surface area (Å²) in [6.45, 7) is 2.90. The van der Waals surface area contributed by atoms with E-state index < -0.39 is 0 Å². The zero-order chi connectivity index (χ0) is 19.5. The molecule has 1 saturated carbocycles. The fraction of sp³-hybridized carbons (Fsp3) is 0.476. The highest BCUT2D eigenvalue weighted by Crippen LogP contribution is 2.26. The highest BCUT2D eigenvalue weighted by Gasteiger charge is 2.22. The molecule has 0 radical (unpaired) electrons. The van der Waals surface area contributed by atoms with Gasteiger partial charge in [0, 0.05) is 43.8 Å². The molecule has 3 aromatic rings. The normalized spacial score (nSPS) is 19.7. The van der Waals surface area contributed by atoms with Crippen molar-refractivity contribution in [1.82, 2.24) is 25.3 Å². The van der Waals surface area contributed by atoms with E-state index in [4.69, 9.17) is 9.97 Å². The van der Waals surface area contributed by atoms with Gasteiger partial charge < -0.3 is 20.5 Å². The SMILES string of the molecule is Cc1[nH]cnc1CNC1CCC(Nc2nc(N(C)C)c3ccccc3n2)CC1. The number of para-hydroxylation sites is 1. The Morgan fingerprint density at radius 1 is 1.07 bits per heavy atom. The second kappa shape index (κ2) is 8.14. The van der Waals surface area contributed by atoms with Crippen molar-refractivity contribution >= 4 is 22.7 Å². The molecular formula is C21H29N7. The van der Waals surface area contributed by atoms with Gasteiger partial charge in [-0.2, -0.15) is 4.98 Å². The minimum Gasteiger partial charge on any atom is -0.362 e. The van der Waals surface area contributed by atoms with Gasteiger partial charge >= 0.3 is 0 Å². The lowest BCUT2D eigenvalue weighted by Crippen LogP contribution is -2.37. The van der Waals surface area contributed by atoms with Crippen LogP contribution in [0.3, 0.4) is 0 Å². The van der Waals surface area contributed by atoms with Gasteiger partial charge in [-0.15, -0.1) is 0 Å². The van der Waals surface area contributed by atoms with E-state index >= 15 is 0 Å². The van der Waals surface area contributed by atoms with Crippen molar-refractivity contribution < 1.29 is 0 Å². The Kier molecular flexibility index (Phi) is 5.43. The van der Waals surface area contributed by atoms with Crippen LogP contribution < -0.4 is 15.5 Å². The average Bonchev–Trinajstić information content (AvgIpc) is 3.11. The Balaban J connectivity index is 1.36. The molecule has 148 valence electrons. The maximum absolute atomic E-state index is 4.77. The summed E-state index contributed by atoms with van der Waals surface area (Å²) in [5.41, 5.74) is 3.24. The number of benzene rings is 1. The number of nitrogens with one attached hydrogen (secondary N) is 3. The topological polar surface area (TPSA) is 81.8 Å². The Bertz CT molecular complexity index is 925. The molecule has 0 saturated heterocycles. The van der Waals surface area contributed by atoms with Gasteiger partial charge in [-0.25, -0.2) is 9.97 Å². The Hall–Kier alpha value is -2.67. The lowest BCUT2D eigenvalue weighted by molar-refractivity contribution is 0.351. The molecule has 0 amide bonds. The summed E-state index contributed by atoms with van der Waals surface area (Å²) in [5.74, 6) is 1.68. The number of H-pyrrole nitrogens is 1. The second-order valence-corrected chi connectivity index (χ2v) is 7.83. The van der Waals surface area contributed by atoms with Crippen molar-refractivity contribution in [1.29, 1.82) is 0 Å². The lowest BCUT2D eigenvalue weighted by Gasteiger charge is -2.30. The first-order valence-electron chi connectivity index (χ1n) is 10.0. The lowest BCUT2D eigenvalue weighted by atomic mass is 9.91. The molecule has 3 N–H and O–H groups in total. The Morgan fingerprint density at radius 3 is 2.54 bits per heavy atom. The number of imidazole rings is 1. The molecule has 1 aliphatic carbocycles. The smallest absolute Gasteiger partial charge is 0.225 e. The minimum atomic E-state index is 0.418. The number of anilines is 2.